The molecule has 0 saturated carbocycles. The summed E-state index contributed by atoms with van der Waals surface area (Å²) in [6.45, 7) is 2.57. The Bertz CT molecular complexity index is 634. The highest BCUT2D eigenvalue weighted by Gasteiger charge is 2.30. The first-order chi connectivity index (χ1) is 9.88. The summed E-state index contributed by atoms with van der Waals surface area (Å²) in [6.07, 6.45) is -1.38. The number of alkyl halides is 3. The molecule has 7 heteroatoms. The van der Waals surface area contributed by atoms with Crippen LogP contribution in [0.4, 0.5) is 18.9 Å². The fourth-order valence-electron chi connectivity index (χ4n) is 1.85. The SMILES string of the molecule is CCn1cc(NC(=O)Cc2cccc(C(F)(F)F)c2)cn1. The molecule has 1 N–H and O–H groups in total. The molecule has 0 fully saturated rings. The van der Waals surface area contributed by atoms with Gasteiger partial charge in [-0.05, 0) is 18.6 Å². The lowest BCUT2D eigenvalue weighted by molar-refractivity contribution is -0.137. The van der Waals surface area contributed by atoms with Crippen molar-refractivity contribution in [1.29, 1.82) is 0 Å². The fraction of sp³-hybridized carbons (Fsp3) is 0.286. The molecule has 0 unspecified atom stereocenters. The summed E-state index contributed by atoms with van der Waals surface area (Å²) in [5.74, 6) is -0.384. The first kappa shape index (κ1) is 15.1. The minimum atomic E-state index is -4.41. The Balaban J connectivity index is 2.02. The van der Waals surface area contributed by atoms with E-state index in [1.807, 2.05) is 6.92 Å². The molecule has 0 spiro atoms. The van der Waals surface area contributed by atoms with Gasteiger partial charge in [-0.3, -0.25) is 9.48 Å². The molecular formula is C14H14F3N3O. The first-order valence-corrected chi connectivity index (χ1v) is 6.37. The molecule has 0 aliphatic rings. The fourth-order valence-corrected chi connectivity index (χ4v) is 1.85. The van der Waals surface area contributed by atoms with Crippen LogP contribution in [0.3, 0.4) is 0 Å². The molecule has 0 bridgehead atoms. The van der Waals surface area contributed by atoms with E-state index in [1.165, 1.54) is 18.3 Å². The zero-order valence-corrected chi connectivity index (χ0v) is 11.3. The van der Waals surface area contributed by atoms with Gasteiger partial charge in [-0.25, -0.2) is 0 Å². The number of anilines is 1. The Kier molecular flexibility index (Phi) is 4.30. The molecule has 0 aliphatic carbocycles. The highest BCUT2D eigenvalue weighted by atomic mass is 19.4. The van der Waals surface area contributed by atoms with E-state index in [9.17, 15) is 18.0 Å². The Morgan fingerprint density at radius 2 is 2.14 bits per heavy atom. The molecule has 2 aromatic rings. The Morgan fingerprint density at radius 1 is 1.38 bits per heavy atom. The third kappa shape index (κ3) is 4.08. The number of benzene rings is 1. The average Bonchev–Trinajstić information content (AvgIpc) is 2.85. The number of nitrogens with zero attached hydrogens (tertiary/aromatic N) is 2. The molecule has 4 nitrogen and oxygen atoms in total. The Hall–Kier alpha value is -2.31. The van der Waals surface area contributed by atoms with Gasteiger partial charge in [-0.1, -0.05) is 18.2 Å². The monoisotopic (exact) mass is 297 g/mol. The van der Waals surface area contributed by atoms with E-state index >= 15 is 0 Å². The van der Waals surface area contributed by atoms with Crippen LogP contribution in [0.1, 0.15) is 18.1 Å². The van der Waals surface area contributed by atoms with Crippen molar-refractivity contribution in [2.24, 2.45) is 0 Å². The number of aromatic nitrogens is 2. The molecule has 1 amide bonds. The van der Waals surface area contributed by atoms with Gasteiger partial charge in [0.05, 0.1) is 23.9 Å². The van der Waals surface area contributed by atoms with Crippen LogP contribution in [0.15, 0.2) is 36.7 Å². The topological polar surface area (TPSA) is 46.9 Å². The van der Waals surface area contributed by atoms with Crippen LogP contribution in [-0.4, -0.2) is 15.7 Å². The van der Waals surface area contributed by atoms with E-state index in [0.717, 1.165) is 12.1 Å². The summed E-state index contributed by atoms with van der Waals surface area (Å²) in [4.78, 5) is 11.8. The molecule has 0 radical (unpaired) electrons. The van der Waals surface area contributed by atoms with E-state index in [-0.39, 0.29) is 12.3 Å². The Labute approximate surface area is 119 Å². The quantitative estimate of drug-likeness (QED) is 0.942. The second-order valence-corrected chi connectivity index (χ2v) is 4.51. The molecule has 0 aliphatic heterocycles. The standard InChI is InChI=1S/C14H14F3N3O/c1-2-20-9-12(8-18-20)19-13(21)7-10-4-3-5-11(6-10)14(15,16)17/h3-6,8-9H,2,7H2,1H3,(H,19,21). The van der Waals surface area contributed by atoms with Gasteiger partial charge in [0.2, 0.25) is 5.91 Å². The lowest BCUT2D eigenvalue weighted by Gasteiger charge is -2.08. The van der Waals surface area contributed by atoms with Gasteiger partial charge in [0, 0.05) is 12.7 Å². The van der Waals surface area contributed by atoms with Crippen molar-refractivity contribution in [3.8, 4) is 0 Å². The van der Waals surface area contributed by atoms with Crippen molar-refractivity contribution in [3.63, 3.8) is 0 Å². The molecule has 112 valence electrons. The summed E-state index contributed by atoms with van der Waals surface area (Å²) in [6, 6.07) is 4.74. The smallest absolute Gasteiger partial charge is 0.323 e. The minimum Gasteiger partial charge on any atom is -0.323 e. The number of hydrogen-bond acceptors (Lipinski definition) is 2. The third-order valence-electron chi connectivity index (χ3n) is 2.86. The van der Waals surface area contributed by atoms with Gasteiger partial charge in [0.15, 0.2) is 0 Å². The molecule has 2 rings (SSSR count). The number of amides is 1. The van der Waals surface area contributed by atoms with Crippen molar-refractivity contribution < 1.29 is 18.0 Å². The number of carbonyl (C=O) groups excluding carboxylic acids is 1. The van der Waals surface area contributed by atoms with Crippen LogP contribution in [0.5, 0.6) is 0 Å². The molecule has 0 saturated heterocycles. The zero-order chi connectivity index (χ0) is 15.5. The van der Waals surface area contributed by atoms with Gasteiger partial charge in [-0.15, -0.1) is 0 Å². The van der Waals surface area contributed by atoms with E-state index in [1.54, 1.807) is 10.9 Å². The summed E-state index contributed by atoms with van der Waals surface area (Å²) in [5.41, 5.74) is 0.0747. The highest BCUT2D eigenvalue weighted by Crippen LogP contribution is 2.29. The lowest BCUT2D eigenvalue weighted by Crippen LogP contribution is -2.14. The number of rotatable bonds is 4. The maximum absolute atomic E-state index is 12.6. The van der Waals surface area contributed by atoms with E-state index in [4.69, 9.17) is 0 Å². The number of hydrogen-bond donors (Lipinski definition) is 1. The van der Waals surface area contributed by atoms with E-state index in [2.05, 4.69) is 10.4 Å². The van der Waals surface area contributed by atoms with Crippen molar-refractivity contribution in [3.05, 3.63) is 47.8 Å². The van der Waals surface area contributed by atoms with Crippen molar-refractivity contribution in [1.82, 2.24) is 9.78 Å². The van der Waals surface area contributed by atoms with Gasteiger partial charge in [-0.2, -0.15) is 18.3 Å². The average molecular weight is 297 g/mol. The molecular weight excluding hydrogens is 283 g/mol. The maximum atomic E-state index is 12.6. The minimum absolute atomic E-state index is 0.124. The van der Waals surface area contributed by atoms with Crippen LogP contribution in [-0.2, 0) is 23.9 Å². The number of aryl methyl sites for hydroxylation is 1. The van der Waals surface area contributed by atoms with E-state index in [0.29, 0.717) is 17.8 Å². The van der Waals surface area contributed by atoms with Crippen LogP contribution in [0, 0.1) is 0 Å². The highest BCUT2D eigenvalue weighted by molar-refractivity contribution is 5.92. The van der Waals surface area contributed by atoms with Crippen LogP contribution < -0.4 is 5.32 Å². The predicted octanol–water partition coefficient (Wildman–Crippen LogP) is 3.10. The van der Waals surface area contributed by atoms with Crippen molar-refractivity contribution in [2.45, 2.75) is 26.1 Å². The van der Waals surface area contributed by atoms with Gasteiger partial charge < -0.3 is 5.32 Å². The second kappa shape index (κ2) is 5.99. The first-order valence-electron chi connectivity index (χ1n) is 6.37. The van der Waals surface area contributed by atoms with E-state index < -0.39 is 11.7 Å². The normalized spacial score (nSPS) is 11.4. The summed E-state index contributed by atoms with van der Waals surface area (Å²) < 4.78 is 39.4. The largest absolute Gasteiger partial charge is 0.416 e. The summed E-state index contributed by atoms with van der Waals surface area (Å²) in [7, 11) is 0. The van der Waals surface area contributed by atoms with Crippen LogP contribution in [0.25, 0.3) is 0 Å². The van der Waals surface area contributed by atoms with Gasteiger partial charge in [0.1, 0.15) is 0 Å². The van der Waals surface area contributed by atoms with Crippen LogP contribution in [0.2, 0.25) is 0 Å². The number of nitrogens with one attached hydrogen (secondary N) is 1. The Morgan fingerprint density at radius 3 is 2.76 bits per heavy atom. The van der Waals surface area contributed by atoms with Crippen molar-refractivity contribution >= 4 is 11.6 Å². The van der Waals surface area contributed by atoms with Gasteiger partial charge in [0.25, 0.3) is 0 Å². The summed E-state index contributed by atoms with van der Waals surface area (Å²) >= 11 is 0. The van der Waals surface area contributed by atoms with Crippen molar-refractivity contribution in [2.75, 3.05) is 5.32 Å². The van der Waals surface area contributed by atoms with Crippen LogP contribution >= 0.6 is 0 Å². The second-order valence-electron chi connectivity index (χ2n) is 4.51. The van der Waals surface area contributed by atoms with Gasteiger partial charge >= 0.3 is 6.18 Å². The molecule has 1 aromatic carbocycles. The molecule has 0 atom stereocenters. The lowest BCUT2D eigenvalue weighted by atomic mass is 10.1. The third-order valence-corrected chi connectivity index (χ3v) is 2.86. The number of carbonyl (C=O) groups is 1. The summed E-state index contributed by atoms with van der Waals surface area (Å²) in [5, 5.41) is 6.59. The molecule has 1 heterocycles. The zero-order valence-electron chi connectivity index (χ0n) is 11.3. The predicted molar refractivity (Wildman–Crippen MR) is 71.7 cm³/mol. The number of halogens is 3. The molecule has 21 heavy (non-hydrogen) atoms. The molecule has 1 aromatic heterocycles. The maximum Gasteiger partial charge on any atom is 0.416 e.